The summed E-state index contributed by atoms with van der Waals surface area (Å²) in [5.41, 5.74) is 7.03. The average Bonchev–Trinajstić information content (AvgIpc) is 2.85. The third-order valence-electron chi connectivity index (χ3n) is 2.24. The molecule has 2 N–H and O–H groups in total. The molecule has 1 fully saturated rings. The number of nitrogens with zero attached hydrogens (tertiary/aromatic N) is 1. The molecular weight excluding hydrogens is 172 g/mol. The van der Waals surface area contributed by atoms with Gasteiger partial charge in [-0.05, 0) is 30.4 Å². The maximum absolute atomic E-state index is 5.97. The van der Waals surface area contributed by atoms with E-state index in [0.717, 1.165) is 5.56 Å². The number of halogens is 1. The lowest BCUT2D eigenvalue weighted by Gasteiger charge is -2.09. The van der Waals surface area contributed by atoms with Crippen LogP contribution in [0.1, 0.15) is 24.4 Å². The van der Waals surface area contributed by atoms with Crippen molar-refractivity contribution >= 4 is 11.6 Å². The molecule has 1 atom stereocenters. The predicted octanol–water partition coefficient (Wildman–Crippen LogP) is 2.14. The molecule has 1 aliphatic carbocycles. The fourth-order valence-electron chi connectivity index (χ4n) is 1.34. The van der Waals surface area contributed by atoms with E-state index in [9.17, 15) is 0 Å². The summed E-state index contributed by atoms with van der Waals surface area (Å²) in [5.74, 6) is 0.658. The van der Waals surface area contributed by atoms with Crippen LogP contribution in [0.3, 0.4) is 0 Å². The van der Waals surface area contributed by atoms with E-state index in [1.54, 1.807) is 12.4 Å². The molecule has 0 amide bonds. The van der Waals surface area contributed by atoms with E-state index in [1.165, 1.54) is 12.8 Å². The zero-order valence-electron chi connectivity index (χ0n) is 6.70. The molecule has 12 heavy (non-hydrogen) atoms. The highest BCUT2D eigenvalue weighted by Crippen LogP contribution is 2.39. The molecular formula is C9H11ClN2. The van der Waals surface area contributed by atoms with E-state index < -0.39 is 0 Å². The summed E-state index contributed by atoms with van der Waals surface area (Å²) in [7, 11) is 0. The zero-order valence-corrected chi connectivity index (χ0v) is 7.46. The number of hydrogen-bond acceptors (Lipinski definition) is 2. The summed E-state index contributed by atoms with van der Waals surface area (Å²) in [6.07, 6.45) is 5.92. The molecule has 1 saturated carbocycles. The Morgan fingerprint density at radius 3 is 2.83 bits per heavy atom. The summed E-state index contributed by atoms with van der Waals surface area (Å²) in [4.78, 5) is 4.00. The minimum absolute atomic E-state index is 0.135. The maximum atomic E-state index is 5.97. The fourth-order valence-corrected chi connectivity index (χ4v) is 1.52. The molecule has 0 aromatic carbocycles. The van der Waals surface area contributed by atoms with Gasteiger partial charge in [0.1, 0.15) is 0 Å². The molecule has 1 unspecified atom stereocenters. The van der Waals surface area contributed by atoms with Crippen molar-refractivity contribution in [1.82, 2.24) is 4.98 Å². The van der Waals surface area contributed by atoms with Crippen LogP contribution in [-0.4, -0.2) is 4.98 Å². The van der Waals surface area contributed by atoms with Gasteiger partial charge in [0.05, 0.1) is 5.02 Å². The molecule has 0 radical (unpaired) electrons. The van der Waals surface area contributed by atoms with Crippen LogP contribution in [0, 0.1) is 5.92 Å². The standard InChI is InChI=1S/C9H11ClN2/c10-8-3-7(4-12-5-8)9(11)6-1-2-6/h3-6,9H,1-2,11H2. The van der Waals surface area contributed by atoms with E-state index in [2.05, 4.69) is 4.98 Å². The molecule has 0 saturated heterocycles. The van der Waals surface area contributed by atoms with Crippen molar-refractivity contribution in [3.63, 3.8) is 0 Å². The van der Waals surface area contributed by atoms with Gasteiger partial charge in [-0.15, -0.1) is 0 Å². The second-order valence-corrected chi connectivity index (χ2v) is 3.74. The summed E-state index contributed by atoms with van der Waals surface area (Å²) in [6, 6.07) is 2.04. The highest BCUT2D eigenvalue weighted by Gasteiger charge is 2.29. The predicted molar refractivity (Wildman–Crippen MR) is 48.9 cm³/mol. The van der Waals surface area contributed by atoms with Crippen LogP contribution in [0.2, 0.25) is 5.02 Å². The maximum Gasteiger partial charge on any atom is 0.0592 e. The quantitative estimate of drug-likeness (QED) is 0.761. The van der Waals surface area contributed by atoms with Crippen molar-refractivity contribution in [2.45, 2.75) is 18.9 Å². The Morgan fingerprint density at radius 1 is 1.50 bits per heavy atom. The van der Waals surface area contributed by atoms with E-state index in [-0.39, 0.29) is 6.04 Å². The molecule has 2 nitrogen and oxygen atoms in total. The van der Waals surface area contributed by atoms with E-state index in [0.29, 0.717) is 10.9 Å². The third-order valence-corrected chi connectivity index (χ3v) is 2.45. The SMILES string of the molecule is NC(c1cncc(Cl)c1)C1CC1. The number of aromatic nitrogens is 1. The van der Waals surface area contributed by atoms with Crippen LogP contribution >= 0.6 is 11.6 Å². The lowest BCUT2D eigenvalue weighted by molar-refractivity contribution is 0.631. The average molecular weight is 183 g/mol. The summed E-state index contributed by atoms with van der Waals surface area (Å²) >= 11 is 5.80. The van der Waals surface area contributed by atoms with Gasteiger partial charge in [0, 0.05) is 18.4 Å². The van der Waals surface area contributed by atoms with Crippen LogP contribution in [-0.2, 0) is 0 Å². The van der Waals surface area contributed by atoms with Gasteiger partial charge in [-0.3, -0.25) is 4.98 Å². The van der Waals surface area contributed by atoms with Gasteiger partial charge in [0.25, 0.3) is 0 Å². The van der Waals surface area contributed by atoms with Crippen molar-refractivity contribution < 1.29 is 0 Å². The van der Waals surface area contributed by atoms with Crippen molar-refractivity contribution in [1.29, 1.82) is 0 Å². The number of nitrogens with two attached hydrogens (primary N) is 1. The van der Waals surface area contributed by atoms with Gasteiger partial charge >= 0.3 is 0 Å². The van der Waals surface area contributed by atoms with Crippen LogP contribution < -0.4 is 5.73 Å². The number of rotatable bonds is 2. The molecule has 0 spiro atoms. The second kappa shape index (κ2) is 3.04. The summed E-state index contributed by atoms with van der Waals surface area (Å²) in [5, 5.41) is 0.670. The minimum Gasteiger partial charge on any atom is -0.324 e. The first-order chi connectivity index (χ1) is 5.77. The van der Waals surface area contributed by atoms with Crippen LogP contribution in [0.25, 0.3) is 0 Å². The van der Waals surface area contributed by atoms with Gasteiger partial charge < -0.3 is 5.73 Å². The fraction of sp³-hybridized carbons (Fsp3) is 0.444. The Labute approximate surface area is 76.7 Å². The molecule has 1 aliphatic rings. The van der Waals surface area contributed by atoms with E-state index in [4.69, 9.17) is 17.3 Å². The van der Waals surface area contributed by atoms with Gasteiger partial charge in [-0.25, -0.2) is 0 Å². The lowest BCUT2D eigenvalue weighted by Crippen LogP contribution is -2.12. The van der Waals surface area contributed by atoms with E-state index >= 15 is 0 Å². The minimum atomic E-state index is 0.135. The van der Waals surface area contributed by atoms with E-state index in [1.807, 2.05) is 6.07 Å². The van der Waals surface area contributed by atoms with Crippen LogP contribution in [0.4, 0.5) is 0 Å². The number of hydrogen-bond donors (Lipinski definition) is 1. The molecule has 0 aliphatic heterocycles. The molecule has 1 heterocycles. The third kappa shape index (κ3) is 1.59. The summed E-state index contributed by atoms with van der Waals surface area (Å²) < 4.78 is 0. The molecule has 64 valence electrons. The first kappa shape index (κ1) is 8.02. The van der Waals surface area contributed by atoms with Crippen LogP contribution in [0.5, 0.6) is 0 Å². The Kier molecular flexibility index (Phi) is 2.03. The molecule has 0 bridgehead atoms. The van der Waals surface area contributed by atoms with Crippen molar-refractivity contribution in [3.05, 3.63) is 29.0 Å². The summed E-state index contributed by atoms with van der Waals surface area (Å²) in [6.45, 7) is 0. The zero-order chi connectivity index (χ0) is 8.55. The molecule has 1 aromatic rings. The number of pyridine rings is 1. The normalized spacial score (nSPS) is 19.2. The Hall–Kier alpha value is -0.600. The highest BCUT2D eigenvalue weighted by molar-refractivity contribution is 6.30. The lowest BCUT2D eigenvalue weighted by atomic mass is 10.1. The highest BCUT2D eigenvalue weighted by atomic mass is 35.5. The van der Waals surface area contributed by atoms with Gasteiger partial charge in [-0.2, -0.15) is 0 Å². The Bertz CT molecular complexity index is 284. The van der Waals surface area contributed by atoms with Crippen molar-refractivity contribution in [3.8, 4) is 0 Å². The van der Waals surface area contributed by atoms with Gasteiger partial charge in [0.15, 0.2) is 0 Å². The smallest absolute Gasteiger partial charge is 0.0592 e. The van der Waals surface area contributed by atoms with Gasteiger partial charge in [0.2, 0.25) is 0 Å². The first-order valence-corrected chi connectivity index (χ1v) is 4.51. The Morgan fingerprint density at radius 2 is 2.25 bits per heavy atom. The van der Waals surface area contributed by atoms with Crippen LogP contribution in [0.15, 0.2) is 18.5 Å². The van der Waals surface area contributed by atoms with Gasteiger partial charge in [-0.1, -0.05) is 11.6 Å². The van der Waals surface area contributed by atoms with Crippen molar-refractivity contribution in [2.75, 3.05) is 0 Å². The molecule has 1 aromatic heterocycles. The topological polar surface area (TPSA) is 38.9 Å². The Balaban J connectivity index is 2.20. The van der Waals surface area contributed by atoms with Crippen molar-refractivity contribution in [2.24, 2.45) is 11.7 Å². The monoisotopic (exact) mass is 182 g/mol. The second-order valence-electron chi connectivity index (χ2n) is 3.30. The molecule has 3 heteroatoms. The first-order valence-electron chi connectivity index (χ1n) is 4.13. The molecule has 2 rings (SSSR count). The largest absolute Gasteiger partial charge is 0.324 e.